The van der Waals surface area contributed by atoms with E-state index in [-0.39, 0.29) is 24.9 Å². The highest BCUT2D eigenvalue weighted by Gasteiger charge is 2.36. The quantitative estimate of drug-likeness (QED) is 0.784. The van der Waals surface area contributed by atoms with Crippen molar-refractivity contribution >= 4 is 17.9 Å². The molecule has 1 fully saturated rings. The van der Waals surface area contributed by atoms with Crippen molar-refractivity contribution in [2.24, 2.45) is 5.92 Å². The minimum Gasteiger partial charge on any atom is -0.480 e. The van der Waals surface area contributed by atoms with Crippen molar-refractivity contribution < 1.29 is 19.5 Å². The van der Waals surface area contributed by atoms with E-state index in [0.717, 1.165) is 12.8 Å². The van der Waals surface area contributed by atoms with Crippen LogP contribution in [0.3, 0.4) is 0 Å². The summed E-state index contributed by atoms with van der Waals surface area (Å²) < 4.78 is 0. The molecule has 3 amide bonds. The molecule has 0 aromatic carbocycles. The third kappa shape index (κ3) is 4.61. The van der Waals surface area contributed by atoms with Crippen LogP contribution in [-0.4, -0.2) is 66.0 Å². The van der Waals surface area contributed by atoms with E-state index in [0.29, 0.717) is 18.9 Å². The first-order valence-electron chi connectivity index (χ1n) is 7.35. The number of carboxylic acids is 1. The number of carbonyl (C=O) groups excluding carboxylic acids is 2. The number of aliphatic carboxylic acids is 1. The Balaban J connectivity index is 2.66. The number of amides is 3. The summed E-state index contributed by atoms with van der Waals surface area (Å²) in [5.41, 5.74) is 0. The Morgan fingerprint density at radius 1 is 1.38 bits per heavy atom. The van der Waals surface area contributed by atoms with Crippen LogP contribution in [0.2, 0.25) is 0 Å². The molecule has 1 heterocycles. The van der Waals surface area contributed by atoms with Gasteiger partial charge in [0.25, 0.3) is 0 Å². The number of hydrogen-bond acceptors (Lipinski definition) is 3. The Kier molecular flexibility index (Phi) is 6.45. The lowest BCUT2D eigenvalue weighted by Gasteiger charge is -2.38. The van der Waals surface area contributed by atoms with Crippen molar-refractivity contribution in [1.82, 2.24) is 15.1 Å². The summed E-state index contributed by atoms with van der Waals surface area (Å²) in [6, 6.07) is -1.08. The van der Waals surface area contributed by atoms with E-state index in [9.17, 15) is 19.5 Å². The van der Waals surface area contributed by atoms with Gasteiger partial charge in [0, 0.05) is 33.6 Å². The second kappa shape index (κ2) is 7.85. The van der Waals surface area contributed by atoms with Gasteiger partial charge in [-0.3, -0.25) is 4.79 Å². The van der Waals surface area contributed by atoms with E-state index >= 15 is 0 Å². The lowest BCUT2D eigenvalue weighted by molar-refractivity contribution is -0.144. The highest BCUT2D eigenvalue weighted by Crippen LogP contribution is 2.26. The van der Waals surface area contributed by atoms with Crippen molar-refractivity contribution in [3.63, 3.8) is 0 Å². The van der Waals surface area contributed by atoms with Crippen LogP contribution in [0.4, 0.5) is 4.79 Å². The third-order valence-electron chi connectivity index (χ3n) is 4.10. The predicted octanol–water partition coefficient (Wildman–Crippen LogP) is 0.750. The maximum atomic E-state index is 12.4. The Morgan fingerprint density at radius 2 is 2.05 bits per heavy atom. The highest BCUT2D eigenvalue weighted by atomic mass is 16.4. The third-order valence-corrected chi connectivity index (χ3v) is 4.10. The van der Waals surface area contributed by atoms with E-state index in [1.807, 2.05) is 6.92 Å². The Bertz CT molecular complexity index is 400. The standard InChI is InChI=1S/C14H25N3O4/c1-4-10-5-8-17(11(9-10)13(19)20)14(21)16(3)7-6-12(18)15-2/h10-11H,4-9H2,1-3H3,(H,15,18)(H,19,20). The van der Waals surface area contributed by atoms with Gasteiger partial charge in [0.2, 0.25) is 5.91 Å². The van der Waals surface area contributed by atoms with Gasteiger partial charge in [0.05, 0.1) is 0 Å². The summed E-state index contributed by atoms with van der Waals surface area (Å²) in [5.74, 6) is -0.748. The molecule has 2 unspecified atom stereocenters. The van der Waals surface area contributed by atoms with Crippen LogP contribution in [0, 0.1) is 5.92 Å². The van der Waals surface area contributed by atoms with Gasteiger partial charge in [-0.2, -0.15) is 0 Å². The molecule has 2 N–H and O–H groups in total. The van der Waals surface area contributed by atoms with Crippen LogP contribution in [-0.2, 0) is 9.59 Å². The largest absolute Gasteiger partial charge is 0.480 e. The zero-order chi connectivity index (χ0) is 16.0. The summed E-state index contributed by atoms with van der Waals surface area (Å²) in [6.45, 7) is 2.77. The molecule has 120 valence electrons. The molecule has 1 aliphatic heterocycles. The van der Waals surface area contributed by atoms with Gasteiger partial charge in [-0.05, 0) is 18.8 Å². The Labute approximate surface area is 125 Å². The van der Waals surface area contributed by atoms with Crippen molar-refractivity contribution in [3.8, 4) is 0 Å². The van der Waals surface area contributed by atoms with Crippen LogP contribution >= 0.6 is 0 Å². The number of nitrogens with zero attached hydrogens (tertiary/aromatic N) is 2. The summed E-state index contributed by atoms with van der Waals surface area (Å²) in [5, 5.41) is 11.8. The molecular weight excluding hydrogens is 274 g/mol. The van der Waals surface area contributed by atoms with Crippen LogP contribution in [0.15, 0.2) is 0 Å². The van der Waals surface area contributed by atoms with E-state index in [1.165, 1.54) is 9.80 Å². The van der Waals surface area contributed by atoms with Gasteiger partial charge in [-0.25, -0.2) is 9.59 Å². The molecule has 0 saturated carbocycles. The number of nitrogens with one attached hydrogen (secondary N) is 1. The summed E-state index contributed by atoms with van der Waals surface area (Å²) in [6.07, 6.45) is 2.47. The molecule has 21 heavy (non-hydrogen) atoms. The fraction of sp³-hybridized carbons (Fsp3) is 0.786. The molecular formula is C14H25N3O4. The molecule has 2 atom stereocenters. The van der Waals surface area contributed by atoms with Gasteiger partial charge in [-0.1, -0.05) is 13.3 Å². The van der Waals surface area contributed by atoms with Crippen molar-refractivity contribution in [2.75, 3.05) is 27.2 Å². The number of rotatable bonds is 5. The first-order chi connectivity index (χ1) is 9.90. The van der Waals surface area contributed by atoms with Crippen LogP contribution in [0.1, 0.15) is 32.6 Å². The molecule has 7 heteroatoms. The normalized spacial score (nSPS) is 21.8. The summed E-state index contributed by atoms with van der Waals surface area (Å²) in [7, 11) is 3.14. The molecule has 1 rings (SSSR count). The first-order valence-corrected chi connectivity index (χ1v) is 7.35. The molecule has 0 spiro atoms. The van der Waals surface area contributed by atoms with Gasteiger partial charge in [-0.15, -0.1) is 0 Å². The molecule has 7 nitrogen and oxygen atoms in total. The zero-order valence-electron chi connectivity index (χ0n) is 13.0. The topological polar surface area (TPSA) is 90.0 Å². The lowest BCUT2D eigenvalue weighted by atomic mass is 9.89. The van der Waals surface area contributed by atoms with E-state index < -0.39 is 12.0 Å². The van der Waals surface area contributed by atoms with Gasteiger partial charge in [0.1, 0.15) is 6.04 Å². The summed E-state index contributed by atoms with van der Waals surface area (Å²) in [4.78, 5) is 37.8. The summed E-state index contributed by atoms with van der Waals surface area (Å²) >= 11 is 0. The van der Waals surface area contributed by atoms with Crippen molar-refractivity contribution in [2.45, 2.75) is 38.6 Å². The fourth-order valence-corrected chi connectivity index (χ4v) is 2.58. The minimum absolute atomic E-state index is 0.144. The van der Waals surface area contributed by atoms with Crippen LogP contribution in [0.25, 0.3) is 0 Å². The maximum absolute atomic E-state index is 12.4. The van der Waals surface area contributed by atoms with E-state index in [1.54, 1.807) is 14.1 Å². The second-order valence-electron chi connectivity index (χ2n) is 5.47. The average molecular weight is 299 g/mol. The maximum Gasteiger partial charge on any atom is 0.326 e. The Hall–Kier alpha value is -1.79. The highest BCUT2D eigenvalue weighted by molar-refractivity contribution is 5.83. The fourth-order valence-electron chi connectivity index (χ4n) is 2.58. The molecule has 1 saturated heterocycles. The number of piperidine rings is 1. The van der Waals surface area contributed by atoms with Crippen molar-refractivity contribution in [3.05, 3.63) is 0 Å². The average Bonchev–Trinajstić information content (AvgIpc) is 2.50. The van der Waals surface area contributed by atoms with Crippen LogP contribution < -0.4 is 5.32 Å². The van der Waals surface area contributed by atoms with E-state index in [2.05, 4.69) is 5.32 Å². The zero-order valence-corrected chi connectivity index (χ0v) is 13.0. The van der Waals surface area contributed by atoms with Crippen molar-refractivity contribution in [1.29, 1.82) is 0 Å². The smallest absolute Gasteiger partial charge is 0.326 e. The van der Waals surface area contributed by atoms with Gasteiger partial charge < -0.3 is 20.2 Å². The van der Waals surface area contributed by atoms with Crippen LogP contribution in [0.5, 0.6) is 0 Å². The second-order valence-corrected chi connectivity index (χ2v) is 5.47. The molecule has 0 aromatic rings. The molecule has 0 radical (unpaired) electrons. The predicted molar refractivity (Wildman–Crippen MR) is 77.9 cm³/mol. The molecule has 0 bridgehead atoms. The van der Waals surface area contributed by atoms with Gasteiger partial charge >= 0.3 is 12.0 Å². The first kappa shape index (κ1) is 17.3. The number of urea groups is 1. The molecule has 0 aliphatic carbocycles. The van der Waals surface area contributed by atoms with E-state index in [4.69, 9.17) is 0 Å². The van der Waals surface area contributed by atoms with Gasteiger partial charge in [0.15, 0.2) is 0 Å². The lowest BCUT2D eigenvalue weighted by Crippen LogP contribution is -2.54. The Morgan fingerprint density at radius 3 is 2.57 bits per heavy atom. The molecule has 1 aliphatic rings. The number of carboxylic acid groups (broad SMARTS) is 1. The number of likely N-dealkylation sites (tertiary alicyclic amines) is 1. The monoisotopic (exact) mass is 299 g/mol. The SMILES string of the molecule is CCC1CCN(C(=O)N(C)CCC(=O)NC)C(C(=O)O)C1. The number of hydrogen-bond donors (Lipinski definition) is 2. The number of carbonyl (C=O) groups is 3. The molecule has 0 aromatic heterocycles. The minimum atomic E-state index is -0.957.